The number of aliphatic hydroxyl groups is 1. The number of nitrogens with zero attached hydrogens (tertiary/aromatic N) is 4. The summed E-state index contributed by atoms with van der Waals surface area (Å²) in [5.74, 6) is -1.90. The van der Waals surface area contributed by atoms with E-state index < -0.39 is 28.7 Å². The van der Waals surface area contributed by atoms with E-state index in [-0.39, 0.29) is 47.0 Å². The number of para-hydroxylation sites is 2. The standard InChI is InChI=1S/C29H33BrN6O4S/c1-16(2)12-18(14-37)36-25(27(39)31-15-35-21-11-7-6-10-20(21)33-34-35)29-13-19(30)24(41-29)22(23(29)28(36)40)26(38)32-17-8-4-3-5-9-17/h3-11,16,18-19,22-25,37H,12-15H2,1-2H3,(H,31,39)(H,32,38)/t18-,19?,22+,23+,24+,25?,29?/m1/s1. The first kappa shape index (κ1) is 28.2. The number of halogens is 1. The number of hydrogen-bond acceptors (Lipinski definition) is 7. The number of thioether (sulfide) groups is 1. The molecule has 3 fully saturated rings. The van der Waals surface area contributed by atoms with E-state index in [9.17, 15) is 19.5 Å². The van der Waals surface area contributed by atoms with Crippen LogP contribution in [0, 0.1) is 17.8 Å². The van der Waals surface area contributed by atoms with Crippen LogP contribution in [0.3, 0.4) is 0 Å². The topological polar surface area (TPSA) is 129 Å². The Bertz CT molecular complexity index is 1470. The fourth-order valence-corrected chi connectivity index (χ4v) is 10.5. The van der Waals surface area contributed by atoms with Crippen molar-refractivity contribution in [3.8, 4) is 0 Å². The number of rotatable bonds is 9. The number of aliphatic hydroxyl groups excluding tert-OH is 1. The summed E-state index contributed by atoms with van der Waals surface area (Å²) in [6.07, 6.45) is 1.10. The molecule has 1 aromatic heterocycles. The molecule has 0 aliphatic carbocycles. The molecule has 6 rings (SSSR count). The van der Waals surface area contributed by atoms with Crippen molar-refractivity contribution < 1.29 is 19.5 Å². The molecule has 3 aliphatic rings. The summed E-state index contributed by atoms with van der Waals surface area (Å²) in [5.41, 5.74) is 2.16. The highest BCUT2D eigenvalue weighted by molar-refractivity contribution is 9.09. The molecule has 0 radical (unpaired) electrons. The van der Waals surface area contributed by atoms with Crippen LogP contribution in [0.15, 0.2) is 54.6 Å². The Hall–Kier alpha value is -2.96. The molecule has 216 valence electrons. The van der Waals surface area contributed by atoms with Crippen LogP contribution in [0.5, 0.6) is 0 Å². The number of benzene rings is 2. The van der Waals surface area contributed by atoms with E-state index in [4.69, 9.17) is 0 Å². The molecule has 2 aromatic carbocycles. The fourth-order valence-electron chi connectivity index (χ4n) is 6.91. The van der Waals surface area contributed by atoms with Crippen LogP contribution in [-0.2, 0) is 21.1 Å². The predicted octanol–water partition coefficient (Wildman–Crippen LogP) is 3.02. The summed E-state index contributed by atoms with van der Waals surface area (Å²) in [7, 11) is 0. The third-order valence-electron chi connectivity index (χ3n) is 8.49. The number of carbonyl (C=O) groups is 3. The molecule has 3 aliphatic heterocycles. The van der Waals surface area contributed by atoms with Crippen LogP contribution in [0.1, 0.15) is 26.7 Å². The molecule has 41 heavy (non-hydrogen) atoms. The minimum Gasteiger partial charge on any atom is -0.394 e. The van der Waals surface area contributed by atoms with Gasteiger partial charge in [-0.15, -0.1) is 16.9 Å². The summed E-state index contributed by atoms with van der Waals surface area (Å²) in [6, 6.07) is 15.3. The molecule has 3 N–H and O–H groups in total. The lowest BCUT2D eigenvalue weighted by atomic mass is 9.70. The smallest absolute Gasteiger partial charge is 0.245 e. The SMILES string of the molecule is CC(C)C[C@H](CO)N1C(=O)[C@@H]2[C@H](C(=O)Nc3ccccc3)[C@H]3SC2(CC3Br)C1C(=O)NCn1nnc2ccccc21. The Labute approximate surface area is 250 Å². The Morgan fingerprint density at radius 3 is 2.61 bits per heavy atom. The number of anilines is 1. The minimum absolute atomic E-state index is 0.0461. The van der Waals surface area contributed by atoms with Crippen molar-refractivity contribution in [1.29, 1.82) is 0 Å². The highest BCUT2D eigenvalue weighted by Gasteiger charge is 2.76. The molecule has 3 aromatic rings. The van der Waals surface area contributed by atoms with E-state index in [0.29, 0.717) is 18.5 Å². The number of carbonyl (C=O) groups excluding carboxylic acids is 3. The maximum atomic E-state index is 14.3. The van der Waals surface area contributed by atoms with Crippen molar-refractivity contribution in [2.24, 2.45) is 17.8 Å². The zero-order chi connectivity index (χ0) is 28.9. The first-order valence-electron chi connectivity index (χ1n) is 13.9. The minimum atomic E-state index is -0.852. The average Bonchev–Trinajstić information content (AvgIpc) is 3.68. The van der Waals surface area contributed by atoms with Gasteiger partial charge in [-0.2, -0.15) is 0 Å². The van der Waals surface area contributed by atoms with E-state index >= 15 is 0 Å². The molecule has 3 unspecified atom stereocenters. The van der Waals surface area contributed by atoms with Gasteiger partial charge in [0.05, 0.1) is 34.7 Å². The summed E-state index contributed by atoms with van der Waals surface area (Å²) >= 11 is 5.37. The average molecular weight is 642 g/mol. The number of hydrogen-bond donors (Lipinski definition) is 3. The molecule has 7 atom stereocenters. The Kier molecular flexibility index (Phi) is 7.58. The second-order valence-corrected chi connectivity index (χ2v) is 14.2. The molecule has 12 heteroatoms. The normalized spacial score (nSPS) is 29.2. The first-order chi connectivity index (χ1) is 19.7. The Balaban J connectivity index is 1.34. The predicted molar refractivity (Wildman–Crippen MR) is 160 cm³/mol. The largest absolute Gasteiger partial charge is 0.394 e. The first-order valence-corrected chi connectivity index (χ1v) is 15.7. The van der Waals surface area contributed by atoms with Crippen molar-refractivity contribution in [2.45, 2.75) is 60.3 Å². The molecule has 3 amide bonds. The van der Waals surface area contributed by atoms with Gasteiger partial charge in [0.2, 0.25) is 17.7 Å². The van der Waals surface area contributed by atoms with Gasteiger partial charge in [0.25, 0.3) is 0 Å². The fraction of sp³-hybridized carbons (Fsp3) is 0.483. The van der Waals surface area contributed by atoms with Gasteiger partial charge in [0.15, 0.2) is 0 Å². The van der Waals surface area contributed by atoms with Crippen LogP contribution in [-0.4, -0.2) is 76.2 Å². The van der Waals surface area contributed by atoms with Crippen molar-refractivity contribution in [2.75, 3.05) is 11.9 Å². The lowest BCUT2D eigenvalue weighted by Gasteiger charge is -2.37. The summed E-state index contributed by atoms with van der Waals surface area (Å²) < 4.78 is 0.803. The molecule has 4 heterocycles. The van der Waals surface area contributed by atoms with Crippen molar-refractivity contribution in [3.63, 3.8) is 0 Å². The van der Waals surface area contributed by atoms with Crippen LogP contribution in [0.4, 0.5) is 5.69 Å². The Morgan fingerprint density at radius 2 is 1.88 bits per heavy atom. The molecular weight excluding hydrogens is 608 g/mol. The number of nitrogens with one attached hydrogen (secondary N) is 2. The van der Waals surface area contributed by atoms with Gasteiger partial charge in [0, 0.05) is 15.8 Å². The van der Waals surface area contributed by atoms with E-state index in [1.54, 1.807) is 21.3 Å². The van der Waals surface area contributed by atoms with E-state index in [1.807, 2.05) is 68.4 Å². The maximum Gasteiger partial charge on any atom is 0.245 e. The van der Waals surface area contributed by atoms with Crippen molar-refractivity contribution in [1.82, 2.24) is 25.2 Å². The summed E-state index contributed by atoms with van der Waals surface area (Å²) in [5, 5.41) is 24.7. The van der Waals surface area contributed by atoms with E-state index in [2.05, 4.69) is 36.9 Å². The van der Waals surface area contributed by atoms with Crippen molar-refractivity contribution in [3.05, 3.63) is 54.6 Å². The molecule has 0 saturated carbocycles. The molecule has 10 nitrogen and oxygen atoms in total. The van der Waals surface area contributed by atoms with Gasteiger partial charge < -0.3 is 20.6 Å². The van der Waals surface area contributed by atoms with Gasteiger partial charge in [-0.1, -0.05) is 65.3 Å². The van der Waals surface area contributed by atoms with Gasteiger partial charge in [0.1, 0.15) is 18.2 Å². The van der Waals surface area contributed by atoms with Gasteiger partial charge in [-0.3, -0.25) is 14.4 Å². The van der Waals surface area contributed by atoms with Crippen LogP contribution in [0.2, 0.25) is 0 Å². The van der Waals surface area contributed by atoms with Gasteiger partial charge in [-0.25, -0.2) is 4.68 Å². The molecular formula is C29H33BrN6O4S. The zero-order valence-electron chi connectivity index (χ0n) is 22.8. The number of aromatic nitrogens is 3. The highest BCUT2D eigenvalue weighted by atomic mass is 79.9. The number of alkyl halides is 1. The molecule has 2 bridgehead atoms. The highest BCUT2D eigenvalue weighted by Crippen LogP contribution is 2.68. The number of amides is 3. The Morgan fingerprint density at radius 1 is 1.15 bits per heavy atom. The quantitative estimate of drug-likeness (QED) is 0.307. The second-order valence-electron chi connectivity index (χ2n) is 11.5. The maximum absolute atomic E-state index is 14.3. The van der Waals surface area contributed by atoms with Crippen LogP contribution in [0.25, 0.3) is 11.0 Å². The second kappa shape index (κ2) is 11.0. The van der Waals surface area contributed by atoms with Gasteiger partial charge >= 0.3 is 0 Å². The lowest BCUT2D eigenvalue weighted by Crippen LogP contribution is -2.57. The lowest BCUT2D eigenvalue weighted by molar-refractivity contribution is -0.142. The van der Waals surface area contributed by atoms with E-state index in [1.165, 1.54) is 0 Å². The molecule has 3 saturated heterocycles. The zero-order valence-corrected chi connectivity index (χ0v) is 25.2. The monoisotopic (exact) mass is 640 g/mol. The van der Waals surface area contributed by atoms with Crippen LogP contribution >= 0.6 is 27.7 Å². The van der Waals surface area contributed by atoms with Crippen molar-refractivity contribution >= 4 is 62.1 Å². The third kappa shape index (κ3) is 4.73. The number of fused-ring (bicyclic) bond motifs is 2. The van der Waals surface area contributed by atoms with Gasteiger partial charge in [-0.05, 0) is 43.0 Å². The van der Waals surface area contributed by atoms with Crippen LogP contribution < -0.4 is 10.6 Å². The number of likely N-dealkylation sites (tertiary alicyclic amines) is 1. The van der Waals surface area contributed by atoms with E-state index in [0.717, 1.165) is 11.0 Å². The molecule has 1 spiro atoms. The summed E-state index contributed by atoms with van der Waals surface area (Å²) in [6.45, 7) is 3.86. The summed E-state index contributed by atoms with van der Waals surface area (Å²) in [4.78, 5) is 43.8. The third-order valence-corrected chi connectivity index (χ3v) is 11.7.